The van der Waals surface area contributed by atoms with Crippen molar-refractivity contribution in [1.82, 2.24) is 0 Å². The Hall–Kier alpha value is -0.410. The average molecular weight is 336 g/mol. The van der Waals surface area contributed by atoms with Crippen molar-refractivity contribution >= 4 is 27.5 Å². The monoisotopic (exact) mass is 334 g/mol. The molecule has 0 unspecified atom stereocenters. The molecule has 0 spiro atoms. The van der Waals surface area contributed by atoms with Gasteiger partial charge in [-0.2, -0.15) is 0 Å². The molecule has 0 aromatic heterocycles. The summed E-state index contributed by atoms with van der Waals surface area (Å²) in [6.45, 7) is 5.47. The molecule has 0 aliphatic heterocycles. The molecule has 0 N–H and O–H groups in total. The van der Waals surface area contributed by atoms with Crippen LogP contribution in [0.1, 0.15) is 38.7 Å². The Kier molecular flexibility index (Phi) is 7.52. The molecule has 0 amide bonds. The Morgan fingerprint density at radius 3 is 2.56 bits per heavy atom. The molecular weight excluding hydrogens is 316 g/mol. The molecule has 0 radical (unpaired) electrons. The van der Waals surface area contributed by atoms with Crippen LogP contribution in [-0.4, -0.2) is 13.2 Å². The zero-order valence-corrected chi connectivity index (χ0v) is 13.3. The number of ether oxygens (including phenoxy) is 2. The van der Waals surface area contributed by atoms with Crippen LogP contribution in [0.3, 0.4) is 0 Å². The van der Waals surface area contributed by atoms with E-state index in [1.54, 1.807) is 0 Å². The lowest BCUT2D eigenvalue weighted by molar-refractivity contribution is 0.269. The summed E-state index contributed by atoms with van der Waals surface area (Å²) < 4.78 is 12.3. The van der Waals surface area contributed by atoms with Crippen LogP contribution in [0.15, 0.2) is 16.6 Å². The topological polar surface area (TPSA) is 18.5 Å². The summed E-state index contributed by atoms with van der Waals surface area (Å²) in [6, 6.07) is 3.92. The van der Waals surface area contributed by atoms with Crippen molar-refractivity contribution in [2.24, 2.45) is 0 Å². The van der Waals surface area contributed by atoms with E-state index in [0.717, 1.165) is 28.0 Å². The van der Waals surface area contributed by atoms with E-state index >= 15 is 0 Å². The minimum absolute atomic E-state index is 0.467. The highest BCUT2D eigenvalue weighted by Crippen LogP contribution is 2.37. The van der Waals surface area contributed by atoms with Crippen LogP contribution in [0.2, 0.25) is 0 Å². The third kappa shape index (κ3) is 4.69. The van der Waals surface area contributed by atoms with Crippen LogP contribution >= 0.6 is 27.5 Å². The van der Waals surface area contributed by atoms with Crippen LogP contribution in [-0.2, 0) is 5.88 Å². The molecule has 4 heteroatoms. The largest absolute Gasteiger partial charge is 0.490 e. The lowest BCUT2D eigenvalue weighted by Gasteiger charge is -2.14. The van der Waals surface area contributed by atoms with Gasteiger partial charge in [0.05, 0.1) is 17.7 Å². The normalized spacial score (nSPS) is 10.4. The molecule has 1 rings (SSSR count). The van der Waals surface area contributed by atoms with Gasteiger partial charge in [-0.15, -0.1) is 11.6 Å². The quantitative estimate of drug-likeness (QED) is 0.483. The predicted octanol–water partition coefficient (Wildman–Crippen LogP) is 5.16. The molecule has 0 atom stereocenters. The zero-order valence-electron chi connectivity index (χ0n) is 11.0. The molecule has 0 fully saturated rings. The van der Waals surface area contributed by atoms with Gasteiger partial charge >= 0.3 is 0 Å². The molecule has 0 heterocycles. The zero-order chi connectivity index (χ0) is 13.4. The maximum absolute atomic E-state index is 5.85. The lowest BCUT2D eigenvalue weighted by atomic mass is 10.2. The Bertz CT molecular complexity index is 369. The fraction of sp³-hybridized carbons (Fsp3) is 0.571. The van der Waals surface area contributed by atoms with Gasteiger partial charge in [-0.1, -0.05) is 19.8 Å². The molecule has 0 aliphatic rings. The van der Waals surface area contributed by atoms with Crippen LogP contribution in [0.5, 0.6) is 11.5 Å². The first-order chi connectivity index (χ1) is 8.72. The first-order valence-corrected chi connectivity index (χ1v) is 7.69. The van der Waals surface area contributed by atoms with Gasteiger partial charge in [-0.3, -0.25) is 0 Å². The average Bonchev–Trinajstić information content (AvgIpc) is 2.37. The Balaban J connectivity index is 2.79. The fourth-order valence-electron chi connectivity index (χ4n) is 1.63. The highest BCUT2D eigenvalue weighted by molar-refractivity contribution is 9.10. The Morgan fingerprint density at radius 2 is 1.94 bits per heavy atom. The van der Waals surface area contributed by atoms with Gasteiger partial charge in [0.25, 0.3) is 0 Å². The SMILES string of the molecule is CCCCCOc1c(Br)cc(CCl)cc1OCC. The van der Waals surface area contributed by atoms with E-state index in [2.05, 4.69) is 22.9 Å². The number of rotatable bonds is 8. The summed E-state index contributed by atoms with van der Waals surface area (Å²) >= 11 is 9.37. The van der Waals surface area contributed by atoms with E-state index in [9.17, 15) is 0 Å². The number of benzene rings is 1. The minimum atomic E-state index is 0.467. The molecule has 2 nitrogen and oxygen atoms in total. The van der Waals surface area contributed by atoms with Crippen molar-refractivity contribution in [2.75, 3.05) is 13.2 Å². The third-order valence-corrected chi connectivity index (χ3v) is 3.42. The number of unbranched alkanes of at least 4 members (excludes halogenated alkanes) is 2. The number of halogens is 2. The van der Waals surface area contributed by atoms with Gasteiger partial charge in [-0.05, 0) is 47.0 Å². The second kappa shape index (κ2) is 8.65. The van der Waals surface area contributed by atoms with Crippen molar-refractivity contribution < 1.29 is 9.47 Å². The smallest absolute Gasteiger partial charge is 0.175 e. The number of hydrogen-bond donors (Lipinski definition) is 0. The van der Waals surface area contributed by atoms with Crippen molar-refractivity contribution in [3.63, 3.8) is 0 Å². The summed E-state index contributed by atoms with van der Waals surface area (Å²) in [5.74, 6) is 2.01. The van der Waals surface area contributed by atoms with Crippen LogP contribution < -0.4 is 9.47 Å². The maximum Gasteiger partial charge on any atom is 0.175 e. The van der Waals surface area contributed by atoms with E-state index in [0.29, 0.717) is 19.1 Å². The summed E-state index contributed by atoms with van der Waals surface area (Å²) in [4.78, 5) is 0. The van der Waals surface area contributed by atoms with Gasteiger partial charge in [0.1, 0.15) is 0 Å². The minimum Gasteiger partial charge on any atom is -0.490 e. The molecule has 102 valence electrons. The first-order valence-electron chi connectivity index (χ1n) is 6.36. The van der Waals surface area contributed by atoms with E-state index in [1.807, 2.05) is 19.1 Å². The van der Waals surface area contributed by atoms with Gasteiger partial charge in [0.15, 0.2) is 11.5 Å². The summed E-state index contributed by atoms with van der Waals surface area (Å²) in [5, 5.41) is 0. The van der Waals surface area contributed by atoms with Gasteiger partial charge in [0, 0.05) is 5.88 Å². The molecular formula is C14H20BrClO2. The Labute approximate surface area is 123 Å². The van der Waals surface area contributed by atoms with Gasteiger partial charge < -0.3 is 9.47 Å². The van der Waals surface area contributed by atoms with E-state index in [4.69, 9.17) is 21.1 Å². The number of hydrogen-bond acceptors (Lipinski definition) is 2. The van der Waals surface area contributed by atoms with Crippen molar-refractivity contribution in [3.05, 3.63) is 22.2 Å². The molecule has 0 saturated carbocycles. The molecule has 0 bridgehead atoms. The number of alkyl halides is 1. The van der Waals surface area contributed by atoms with Gasteiger partial charge in [0.2, 0.25) is 0 Å². The summed E-state index contributed by atoms with van der Waals surface area (Å²) in [6.07, 6.45) is 3.43. The first kappa shape index (κ1) is 15.6. The second-order valence-electron chi connectivity index (χ2n) is 4.03. The fourth-order valence-corrected chi connectivity index (χ4v) is 2.39. The standard InChI is InChI=1S/C14H20BrClO2/c1-3-5-6-7-18-14-12(15)8-11(10-16)9-13(14)17-4-2/h8-9H,3-7,10H2,1-2H3. The van der Waals surface area contributed by atoms with Crippen molar-refractivity contribution in [1.29, 1.82) is 0 Å². The molecule has 18 heavy (non-hydrogen) atoms. The highest BCUT2D eigenvalue weighted by atomic mass is 79.9. The van der Waals surface area contributed by atoms with Crippen LogP contribution in [0, 0.1) is 0 Å². The highest BCUT2D eigenvalue weighted by Gasteiger charge is 2.11. The second-order valence-corrected chi connectivity index (χ2v) is 5.15. The van der Waals surface area contributed by atoms with Crippen molar-refractivity contribution in [3.8, 4) is 11.5 Å². The third-order valence-electron chi connectivity index (χ3n) is 2.52. The van der Waals surface area contributed by atoms with E-state index in [-0.39, 0.29) is 0 Å². The molecule has 1 aromatic carbocycles. The van der Waals surface area contributed by atoms with Crippen LogP contribution in [0.25, 0.3) is 0 Å². The predicted molar refractivity (Wildman–Crippen MR) is 79.9 cm³/mol. The van der Waals surface area contributed by atoms with Gasteiger partial charge in [-0.25, -0.2) is 0 Å². The van der Waals surface area contributed by atoms with E-state index < -0.39 is 0 Å². The molecule has 0 aliphatic carbocycles. The lowest BCUT2D eigenvalue weighted by Crippen LogP contribution is -2.02. The van der Waals surface area contributed by atoms with Crippen LogP contribution in [0.4, 0.5) is 0 Å². The van der Waals surface area contributed by atoms with E-state index in [1.165, 1.54) is 12.8 Å². The Morgan fingerprint density at radius 1 is 1.17 bits per heavy atom. The maximum atomic E-state index is 5.85. The molecule has 0 saturated heterocycles. The molecule has 1 aromatic rings. The summed E-state index contributed by atoms with van der Waals surface area (Å²) in [7, 11) is 0. The van der Waals surface area contributed by atoms with Crippen molar-refractivity contribution in [2.45, 2.75) is 39.0 Å². The summed E-state index contributed by atoms with van der Waals surface area (Å²) in [5.41, 5.74) is 1.02.